The van der Waals surface area contributed by atoms with Crippen LogP contribution in [0.1, 0.15) is 29.4 Å². The van der Waals surface area contributed by atoms with Gasteiger partial charge in [0.05, 0.1) is 11.4 Å². The van der Waals surface area contributed by atoms with Crippen LogP contribution >= 0.6 is 15.9 Å². The van der Waals surface area contributed by atoms with E-state index in [0.29, 0.717) is 30.1 Å². The van der Waals surface area contributed by atoms with E-state index >= 15 is 0 Å². The third-order valence-electron chi connectivity index (χ3n) is 4.71. The number of anilines is 2. The Kier molecular flexibility index (Phi) is 6.13. The second kappa shape index (κ2) is 9.13. The van der Waals surface area contributed by atoms with Crippen molar-refractivity contribution in [2.45, 2.75) is 26.0 Å². The fourth-order valence-electron chi connectivity index (χ4n) is 3.12. The van der Waals surface area contributed by atoms with E-state index in [1.54, 1.807) is 23.0 Å². The first-order chi connectivity index (χ1) is 15.0. The summed E-state index contributed by atoms with van der Waals surface area (Å²) in [5.74, 6) is -0.801. The Bertz CT molecular complexity index is 1140. The molecular formula is C22H20BrN5O3. The molecule has 158 valence electrons. The standard InChI is InChI=1S/C22H20BrN5O3/c1-2-28-13-18(20(26-28)22(30)24-16-9-4-3-5-10-16)25-21(29)19-12-17(27-31-19)14-7-6-8-15(23)11-14/h3-11,13,19H,2,12H2,1H3,(H,24,30)(H,25,29). The van der Waals surface area contributed by atoms with Gasteiger partial charge in [0, 0.05) is 34.9 Å². The summed E-state index contributed by atoms with van der Waals surface area (Å²) in [5.41, 5.74) is 2.66. The van der Waals surface area contributed by atoms with E-state index in [0.717, 1.165) is 10.0 Å². The van der Waals surface area contributed by atoms with Gasteiger partial charge in [-0.25, -0.2) is 0 Å². The van der Waals surface area contributed by atoms with Crippen LogP contribution in [0.5, 0.6) is 0 Å². The maximum absolute atomic E-state index is 12.8. The Hall–Kier alpha value is -3.46. The molecule has 1 aliphatic heterocycles. The first-order valence-corrected chi connectivity index (χ1v) is 10.6. The number of amides is 2. The van der Waals surface area contributed by atoms with Crippen LogP contribution in [0.15, 0.2) is 70.4 Å². The number of nitrogens with one attached hydrogen (secondary N) is 2. The number of benzene rings is 2. The molecule has 3 aromatic rings. The second-order valence-electron chi connectivity index (χ2n) is 6.90. The number of carbonyl (C=O) groups is 2. The average molecular weight is 482 g/mol. The number of aryl methyl sites for hydroxylation is 1. The molecule has 4 rings (SSSR count). The highest BCUT2D eigenvalue weighted by atomic mass is 79.9. The molecule has 2 N–H and O–H groups in total. The van der Waals surface area contributed by atoms with Crippen molar-refractivity contribution in [1.29, 1.82) is 0 Å². The smallest absolute Gasteiger partial charge is 0.278 e. The van der Waals surface area contributed by atoms with Crippen LogP contribution in [0.4, 0.5) is 11.4 Å². The molecule has 2 heterocycles. The highest BCUT2D eigenvalue weighted by molar-refractivity contribution is 9.10. The number of nitrogens with zero attached hydrogens (tertiary/aromatic N) is 3. The van der Waals surface area contributed by atoms with Gasteiger partial charge in [0.2, 0.25) is 6.10 Å². The minimum Gasteiger partial charge on any atom is -0.382 e. The van der Waals surface area contributed by atoms with E-state index in [9.17, 15) is 9.59 Å². The molecular weight excluding hydrogens is 462 g/mol. The first kappa shape index (κ1) is 20.8. The van der Waals surface area contributed by atoms with Crippen molar-refractivity contribution in [1.82, 2.24) is 9.78 Å². The maximum Gasteiger partial charge on any atom is 0.278 e. The van der Waals surface area contributed by atoms with Crippen molar-refractivity contribution >= 4 is 44.8 Å². The van der Waals surface area contributed by atoms with Crippen molar-refractivity contribution in [3.05, 3.63) is 76.5 Å². The van der Waals surface area contributed by atoms with Crippen LogP contribution in [0.2, 0.25) is 0 Å². The first-order valence-electron chi connectivity index (χ1n) is 9.77. The van der Waals surface area contributed by atoms with Crippen molar-refractivity contribution in [2.75, 3.05) is 10.6 Å². The third-order valence-corrected chi connectivity index (χ3v) is 5.20. The molecule has 0 spiro atoms. The van der Waals surface area contributed by atoms with Gasteiger partial charge < -0.3 is 15.5 Å². The monoisotopic (exact) mass is 481 g/mol. The molecule has 0 fully saturated rings. The molecule has 0 saturated heterocycles. The fraction of sp³-hybridized carbons (Fsp3) is 0.182. The lowest BCUT2D eigenvalue weighted by Crippen LogP contribution is -2.29. The third kappa shape index (κ3) is 4.83. The second-order valence-corrected chi connectivity index (χ2v) is 7.82. The van der Waals surface area contributed by atoms with Gasteiger partial charge in [-0.3, -0.25) is 14.3 Å². The zero-order chi connectivity index (χ0) is 21.8. The van der Waals surface area contributed by atoms with Gasteiger partial charge in [-0.2, -0.15) is 5.10 Å². The Balaban J connectivity index is 1.46. The number of aromatic nitrogens is 2. The normalized spacial score (nSPS) is 15.2. The molecule has 1 aromatic heterocycles. The van der Waals surface area contributed by atoms with Crippen molar-refractivity contribution in [2.24, 2.45) is 5.16 Å². The summed E-state index contributed by atoms with van der Waals surface area (Å²) in [7, 11) is 0. The molecule has 1 atom stereocenters. The van der Waals surface area contributed by atoms with Crippen LogP contribution in [0, 0.1) is 0 Å². The average Bonchev–Trinajstić information content (AvgIpc) is 3.42. The largest absolute Gasteiger partial charge is 0.382 e. The van der Waals surface area contributed by atoms with Gasteiger partial charge in [0.15, 0.2) is 5.69 Å². The number of hydrogen-bond donors (Lipinski definition) is 2. The minimum atomic E-state index is -0.788. The summed E-state index contributed by atoms with van der Waals surface area (Å²) in [6.07, 6.45) is 1.17. The minimum absolute atomic E-state index is 0.130. The zero-order valence-corrected chi connectivity index (χ0v) is 18.3. The van der Waals surface area contributed by atoms with Gasteiger partial charge in [-0.1, -0.05) is 51.4 Å². The predicted molar refractivity (Wildman–Crippen MR) is 121 cm³/mol. The van der Waals surface area contributed by atoms with Gasteiger partial charge in [0.1, 0.15) is 0 Å². The highest BCUT2D eigenvalue weighted by Gasteiger charge is 2.30. The van der Waals surface area contributed by atoms with Crippen LogP contribution < -0.4 is 10.6 Å². The van der Waals surface area contributed by atoms with Gasteiger partial charge in [-0.05, 0) is 31.2 Å². The molecule has 8 nitrogen and oxygen atoms in total. The summed E-state index contributed by atoms with van der Waals surface area (Å²) in [6, 6.07) is 16.7. The van der Waals surface area contributed by atoms with Gasteiger partial charge >= 0.3 is 0 Å². The Morgan fingerprint density at radius 1 is 1.16 bits per heavy atom. The number of oxime groups is 1. The van der Waals surface area contributed by atoms with Crippen LogP contribution in [-0.4, -0.2) is 33.4 Å². The van der Waals surface area contributed by atoms with Crippen LogP contribution in [0.25, 0.3) is 0 Å². The maximum atomic E-state index is 12.8. The lowest BCUT2D eigenvalue weighted by Gasteiger charge is -2.09. The summed E-state index contributed by atoms with van der Waals surface area (Å²) in [6.45, 7) is 2.45. The van der Waals surface area contributed by atoms with Gasteiger partial charge in [-0.15, -0.1) is 0 Å². The van der Waals surface area contributed by atoms with E-state index in [1.165, 1.54) is 0 Å². The van der Waals surface area contributed by atoms with Crippen molar-refractivity contribution in [3.8, 4) is 0 Å². The number of hydrogen-bond acceptors (Lipinski definition) is 5. The molecule has 1 unspecified atom stereocenters. The molecule has 0 saturated carbocycles. The predicted octanol–water partition coefficient (Wildman–Crippen LogP) is 4.05. The summed E-state index contributed by atoms with van der Waals surface area (Å²) >= 11 is 3.43. The quantitative estimate of drug-likeness (QED) is 0.554. The molecule has 0 aliphatic carbocycles. The van der Waals surface area contributed by atoms with Crippen LogP contribution in [-0.2, 0) is 16.2 Å². The molecule has 0 bridgehead atoms. The van der Waals surface area contributed by atoms with E-state index in [4.69, 9.17) is 4.84 Å². The van der Waals surface area contributed by atoms with Crippen molar-refractivity contribution in [3.63, 3.8) is 0 Å². The SMILES string of the molecule is CCn1cc(NC(=O)C2CC(c3cccc(Br)c3)=NO2)c(C(=O)Nc2ccccc2)n1. The number of rotatable bonds is 6. The van der Waals surface area contributed by atoms with Gasteiger partial charge in [0.25, 0.3) is 11.8 Å². The van der Waals surface area contributed by atoms with E-state index < -0.39 is 17.9 Å². The number of para-hydroxylation sites is 1. The van der Waals surface area contributed by atoms with E-state index in [2.05, 4.69) is 36.8 Å². The molecule has 31 heavy (non-hydrogen) atoms. The molecule has 2 aromatic carbocycles. The zero-order valence-electron chi connectivity index (χ0n) is 16.7. The molecule has 1 aliphatic rings. The lowest BCUT2D eigenvalue weighted by atomic mass is 10.0. The summed E-state index contributed by atoms with van der Waals surface area (Å²) in [5, 5.41) is 13.9. The molecule has 9 heteroatoms. The number of halogens is 1. The number of carbonyl (C=O) groups excluding carboxylic acids is 2. The fourth-order valence-corrected chi connectivity index (χ4v) is 3.52. The lowest BCUT2D eigenvalue weighted by molar-refractivity contribution is -0.125. The van der Waals surface area contributed by atoms with E-state index in [-0.39, 0.29) is 5.69 Å². The Morgan fingerprint density at radius 3 is 2.71 bits per heavy atom. The van der Waals surface area contributed by atoms with Crippen molar-refractivity contribution < 1.29 is 14.4 Å². The topological polar surface area (TPSA) is 97.6 Å². The molecule has 2 amide bonds. The Morgan fingerprint density at radius 2 is 1.97 bits per heavy atom. The van der Waals surface area contributed by atoms with Crippen LogP contribution in [0.3, 0.4) is 0 Å². The van der Waals surface area contributed by atoms with E-state index in [1.807, 2.05) is 49.4 Å². The highest BCUT2D eigenvalue weighted by Crippen LogP contribution is 2.22. The Labute approximate surface area is 187 Å². The summed E-state index contributed by atoms with van der Waals surface area (Å²) < 4.78 is 2.51. The molecule has 0 radical (unpaired) electrons. The summed E-state index contributed by atoms with van der Waals surface area (Å²) in [4.78, 5) is 30.9.